The number of phosphoric ester groups is 1. The van der Waals surface area contributed by atoms with Gasteiger partial charge in [0.2, 0.25) is 0 Å². The number of carbonyl (C=O) groups is 1. The van der Waals surface area contributed by atoms with Crippen LogP contribution in [0.3, 0.4) is 0 Å². The Hall–Kier alpha value is -1.76. The summed E-state index contributed by atoms with van der Waals surface area (Å²) in [4.78, 5) is 66.1. The number of anilines is 1. The molecule has 6 N–H and O–H groups in total. The van der Waals surface area contributed by atoms with Gasteiger partial charge < -0.3 is 39.5 Å². The molecule has 1 fully saturated rings. The predicted molar refractivity (Wildman–Crippen MR) is 153 cm³/mol. The van der Waals surface area contributed by atoms with E-state index in [1.807, 2.05) is 13.2 Å². The van der Waals surface area contributed by atoms with Crippen LogP contribution in [0.4, 0.5) is 5.82 Å². The molecule has 0 bridgehead atoms. The van der Waals surface area contributed by atoms with Crippen LogP contribution in [-0.2, 0) is 36.3 Å². The number of nitrogen functional groups attached to an aromatic ring is 1. The molecule has 0 spiro atoms. The van der Waals surface area contributed by atoms with Gasteiger partial charge in [-0.2, -0.15) is 13.6 Å². The molecule has 1 aromatic heterocycles. The third kappa shape index (κ3) is 10.4. The molecule has 43 heavy (non-hydrogen) atoms. The lowest BCUT2D eigenvalue weighted by Gasteiger charge is -2.22. The quantitative estimate of drug-likeness (QED) is 0.107. The first kappa shape index (κ1) is 35.7. The average Bonchev–Trinajstić information content (AvgIpc) is 3.27. The van der Waals surface area contributed by atoms with E-state index in [2.05, 4.69) is 13.6 Å². The van der Waals surface area contributed by atoms with E-state index in [9.17, 15) is 33.1 Å². The Kier molecular flexibility index (Phi) is 12.1. The summed E-state index contributed by atoms with van der Waals surface area (Å²) in [5.41, 5.74) is 5.48. The van der Waals surface area contributed by atoms with Crippen LogP contribution in [0.1, 0.15) is 40.7 Å². The van der Waals surface area contributed by atoms with Gasteiger partial charge in [-0.25, -0.2) is 23.3 Å². The summed E-state index contributed by atoms with van der Waals surface area (Å²) >= 11 is 0. The molecular weight excluding hydrogens is 679 g/mol. The van der Waals surface area contributed by atoms with Crippen molar-refractivity contribution in [2.45, 2.75) is 37.0 Å². The van der Waals surface area contributed by atoms with Crippen molar-refractivity contribution < 1.29 is 65.4 Å². The molecule has 2 aromatic rings. The fourth-order valence-corrected chi connectivity index (χ4v) is 8.64. The molecule has 4 unspecified atom stereocenters. The first-order chi connectivity index (χ1) is 19.9. The minimum Gasteiger partial charge on any atom is -0.497 e. The largest absolute Gasteiger partial charge is 0.497 e. The van der Waals surface area contributed by atoms with Crippen LogP contribution in [0.2, 0.25) is 0 Å². The second-order valence-electron chi connectivity index (χ2n) is 8.60. The smallest absolute Gasteiger partial charge is 0.490 e. The standard InChI is InChI=1S/C20H28N3O15P3S2/c1-11(43-42-3)14-8-12(33-2)4-5-13(14)19(24)36-15-9-18(23-7-6-17(21)22-20(23)25)35-16(15)10-34-40(29,30)38-41(31,32)37-39(26,27)28/h4-8,11,15-16,18H,9-10H2,1-3H3,(H,29,30)(H,31,32)(H2,21,22,25)(H2,26,27,28)/t11?,15?,16-,18-/m1/s1. The Labute approximate surface area is 252 Å². The maximum absolute atomic E-state index is 13.4. The molecule has 240 valence electrons. The summed E-state index contributed by atoms with van der Waals surface area (Å²) in [5.74, 6) is -0.393. The Balaban J connectivity index is 1.86. The zero-order chi connectivity index (χ0) is 32.2. The van der Waals surface area contributed by atoms with Crippen LogP contribution in [0.15, 0.2) is 35.3 Å². The Bertz CT molecular complexity index is 1520. The van der Waals surface area contributed by atoms with Crippen molar-refractivity contribution in [3.63, 3.8) is 0 Å². The van der Waals surface area contributed by atoms with E-state index in [0.717, 1.165) is 4.57 Å². The summed E-state index contributed by atoms with van der Waals surface area (Å²) in [6, 6.07) is 6.03. The Morgan fingerprint density at radius 3 is 2.49 bits per heavy atom. The number of hydrogen-bond donors (Lipinski definition) is 5. The molecular formula is C20H28N3O15P3S2. The highest BCUT2D eigenvalue weighted by atomic mass is 33.1. The summed E-state index contributed by atoms with van der Waals surface area (Å²) in [7, 11) is -12.5. The van der Waals surface area contributed by atoms with Crippen molar-refractivity contribution >= 4 is 56.8 Å². The van der Waals surface area contributed by atoms with E-state index >= 15 is 0 Å². The third-order valence-corrected chi connectivity index (χ3v) is 11.6. The summed E-state index contributed by atoms with van der Waals surface area (Å²) in [5, 5.41) is -0.180. The van der Waals surface area contributed by atoms with Crippen LogP contribution in [0, 0.1) is 0 Å². The van der Waals surface area contributed by atoms with E-state index in [0.29, 0.717) is 11.3 Å². The maximum atomic E-state index is 13.4. The molecule has 6 atom stereocenters. The highest BCUT2D eigenvalue weighted by Gasteiger charge is 2.44. The lowest BCUT2D eigenvalue weighted by Crippen LogP contribution is -2.31. The summed E-state index contributed by atoms with van der Waals surface area (Å²) in [6.07, 6.45) is -0.778. The van der Waals surface area contributed by atoms with Gasteiger partial charge in [0.05, 0.1) is 19.3 Å². The topological polar surface area (TPSA) is 265 Å². The number of carbonyl (C=O) groups excluding carboxylic acids is 1. The van der Waals surface area contributed by atoms with E-state index in [1.165, 1.54) is 47.0 Å². The normalized spacial score (nSPS) is 22.3. The first-order valence-corrected chi connectivity index (χ1v) is 18.9. The fourth-order valence-electron chi connectivity index (χ4n) is 3.85. The summed E-state index contributed by atoms with van der Waals surface area (Å²) in [6.45, 7) is 0.941. The zero-order valence-corrected chi connectivity index (χ0v) is 26.8. The molecule has 0 saturated carbocycles. The highest BCUT2D eigenvalue weighted by Crippen LogP contribution is 2.66. The zero-order valence-electron chi connectivity index (χ0n) is 22.5. The number of aromatic nitrogens is 2. The Morgan fingerprint density at radius 2 is 1.88 bits per heavy atom. The third-order valence-electron chi connectivity index (χ3n) is 5.58. The van der Waals surface area contributed by atoms with Gasteiger partial charge in [-0.3, -0.25) is 9.09 Å². The van der Waals surface area contributed by atoms with Gasteiger partial charge in [0.25, 0.3) is 0 Å². The first-order valence-electron chi connectivity index (χ1n) is 11.8. The van der Waals surface area contributed by atoms with Gasteiger partial charge >= 0.3 is 35.1 Å². The molecule has 1 aliphatic heterocycles. The molecule has 1 aliphatic rings. The van der Waals surface area contributed by atoms with E-state index in [-0.39, 0.29) is 23.1 Å². The predicted octanol–water partition coefficient (Wildman–Crippen LogP) is 2.76. The number of phosphoric acid groups is 3. The van der Waals surface area contributed by atoms with Crippen molar-refractivity contribution in [1.82, 2.24) is 9.55 Å². The molecule has 3 rings (SSSR count). The molecule has 2 heterocycles. The van der Waals surface area contributed by atoms with Gasteiger partial charge in [0.15, 0.2) is 0 Å². The van der Waals surface area contributed by atoms with Crippen LogP contribution >= 0.6 is 45.1 Å². The number of benzene rings is 1. The minimum absolute atomic E-state index is 0.0734. The van der Waals surface area contributed by atoms with Crippen molar-refractivity contribution in [3.05, 3.63) is 52.1 Å². The number of hydrogen-bond acceptors (Lipinski definition) is 15. The van der Waals surface area contributed by atoms with Crippen molar-refractivity contribution in [2.24, 2.45) is 0 Å². The van der Waals surface area contributed by atoms with Gasteiger partial charge in [-0.05, 0) is 43.0 Å². The molecule has 1 saturated heterocycles. The second-order valence-corrected chi connectivity index (χ2v) is 15.8. The monoisotopic (exact) mass is 707 g/mol. The second kappa shape index (κ2) is 14.6. The highest BCUT2D eigenvalue weighted by molar-refractivity contribution is 8.76. The number of methoxy groups -OCH3 is 1. The average molecular weight is 708 g/mol. The number of rotatable bonds is 14. The molecule has 23 heteroatoms. The van der Waals surface area contributed by atoms with E-state index < -0.39 is 60.2 Å². The molecule has 1 aromatic carbocycles. The summed E-state index contributed by atoms with van der Waals surface area (Å²) < 4.78 is 64.7. The van der Waals surface area contributed by atoms with E-state index in [4.69, 9.17) is 34.3 Å². The SMILES string of the molecule is COc1ccc(C(=O)OC2C[C@H](n3ccc(N)nc3=O)O[C@@H]2COP(=O)(O)OP(=O)(O)OP(=O)(O)O)c(C(C)SSC)c1. The number of ether oxygens (including phenoxy) is 3. The van der Waals surface area contributed by atoms with Gasteiger partial charge in [0.1, 0.15) is 30.0 Å². The number of nitrogens with two attached hydrogens (primary N) is 1. The number of esters is 1. The van der Waals surface area contributed by atoms with Crippen LogP contribution in [0.25, 0.3) is 0 Å². The minimum atomic E-state index is -5.78. The van der Waals surface area contributed by atoms with Crippen molar-refractivity contribution in [3.8, 4) is 5.75 Å². The molecule has 0 amide bonds. The van der Waals surface area contributed by atoms with Crippen LogP contribution < -0.4 is 16.2 Å². The van der Waals surface area contributed by atoms with Gasteiger partial charge in [-0.1, -0.05) is 21.6 Å². The lowest BCUT2D eigenvalue weighted by molar-refractivity contribution is -0.0511. The van der Waals surface area contributed by atoms with Crippen LogP contribution in [-0.4, -0.2) is 67.3 Å². The fraction of sp³-hybridized carbons (Fsp3) is 0.450. The molecule has 0 radical (unpaired) electrons. The van der Waals surface area contributed by atoms with Crippen molar-refractivity contribution in [2.75, 3.05) is 25.7 Å². The Morgan fingerprint density at radius 1 is 1.19 bits per heavy atom. The number of nitrogens with zero attached hydrogens (tertiary/aromatic N) is 2. The maximum Gasteiger partial charge on any atom is 0.490 e. The molecule has 0 aliphatic carbocycles. The van der Waals surface area contributed by atoms with Crippen molar-refractivity contribution in [1.29, 1.82) is 0 Å². The van der Waals surface area contributed by atoms with E-state index in [1.54, 1.807) is 12.1 Å². The molecule has 18 nitrogen and oxygen atoms in total. The lowest BCUT2D eigenvalue weighted by atomic mass is 10.0. The van der Waals surface area contributed by atoms with Crippen LogP contribution in [0.5, 0.6) is 5.75 Å². The van der Waals surface area contributed by atoms with Gasteiger partial charge in [0, 0.05) is 17.9 Å². The van der Waals surface area contributed by atoms with Gasteiger partial charge in [-0.15, -0.1) is 0 Å².